The molecule has 4 heteroatoms. The number of benzene rings is 1. The zero-order valence-corrected chi connectivity index (χ0v) is 9.76. The Morgan fingerprint density at radius 2 is 1.81 bits per heavy atom. The minimum atomic E-state index is -0.420. The van der Waals surface area contributed by atoms with Crippen molar-refractivity contribution in [1.29, 1.82) is 0 Å². The fraction of sp³-hybridized carbons (Fsp3) is 0.500. The molecule has 0 saturated heterocycles. The largest absolute Gasteiger partial charge is 0.492 e. The highest BCUT2D eigenvalue weighted by molar-refractivity contribution is 5.54. The van der Waals surface area contributed by atoms with E-state index in [1.54, 1.807) is 0 Å². The summed E-state index contributed by atoms with van der Waals surface area (Å²) in [6, 6.07) is 1.46. The Kier molecular flexibility index (Phi) is 2.54. The van der Waals surface area contributed by atoms with Crippen LogP contribution in [0.25, 0.3) is 0 Å². The van der Waals surface area contributed by atoms with Crippen LogP contribution in [-0.2, 0) is 5.54 Å². The molecule has 1 aliphatic carbocycles. The maximum Gasteiger partial charge on any atom is 0.197 e. The second-order valence-corrected chi connectivity index (χ2v) is 4.25. The van der Waals surface area contributed by atoms with E-state index in [0.29, 0.717) is 5.75 Å². The van der Waals surface area contributed by atoms with Crippen LogP contribution >= 0.6 is 0 Å². The molecule has 0 spiro atoms. The van der Waals surface area contributed by atoms with Gasteiger partial charge in [0, 0.05) is 11.1 Å². The number of ether oxygens (including phenoxy) is 2. The van der Waals surface area contributed by atoms with Crippen molar-refractivity contribution < 1.29 is 13.9 Å². The van der Waals surface area contributed by atoms with Crippen LogP contribution in [0.2, 0.25) is 0 Å². The maximum absolute atomic E-state index is 13.8. The fourth-order valence-corrected chi connectivity index (χ4v) is 2.06. The van der Waals surface area contributed by atoms with E-state index in [1.807, 2.05) is 6.92 Å². The Labute approximate surface area is 94.3 Å². The van der Waals surface area contributed by atoms with E-state index in [4.69, 9.17) is 15.2 Å². The lowest BCUT2D eigenvalue weighted by molar-refractivity contribution is 0.334. The number of hydrogen-bond acceptors (Lipinski definition) is 3. The van der Waals surface area contributed by atoms with Gasteiger partial charge in [-0.3, -0.25) is 0 Å². The topological polar surface area (TPSA) is 44.5 Å². The van der Waals surface area contributed by atoms with Crippen molar-refractivity contribution in [3.63, 3.8) is 0 Å². The van der Waals surface area contributed by atoms with Gasteiger partial charge in [-0.05, 0) is 31.4 Å². The molecular formula is C12H16FNO2. The van der Waals surface area contributed by atoms with E-state index in [1.165, 1.54) is 20.3 Å². The normalized spacial score (nSPS) is 17.1. The summed E-state index contributed by atoms with van der Waals surface area (Å²) < 4.78 is 24.0. The van der Waals surface area contributed by atoms with Crippen LogP contribution < -0.4 is 15.2 Å². The van der Waals surface area contributed by atoms with E-state index < -0.39 is 5.82 Å². The van der Waals surface area contributed by atoms with Crippen molar-refractivity contribution in [3.8, 4) is 11.5 Å². The Hall–Kier alpha value is -1.29. The summed E-state index contributed by atoms with van der Waals surface area (Å²) in [5.41, 5.74) is 7.40. The van der Waals surface area contributed by atoms with Gasteiger partial charge in [0.05, 0.1) is 14.2 Å². The van der Waals surface area contributed by atoms with Gasteiger partial charge >= 0.3 is 0 Å². The molecule has 0 aromatic heterocycles. The van der Waals surface area contributed by atoms with E-state index in [0.717, 1.165) is 24.0 Å². The number of rotatable bonds is 3. The lowest BCUT2D eigenvalue weighted by atomic mass is 9.98. The summed E-state index contributed by atoms with van der Waals surface area (Å²) in [6.45, 7) is 1.88. The molecule has 1 saturated carbocycles. The summed E-state index contributed by atoms with van der Waals surface area (Å²) >= 11 is 0. The van der Waals surface area contributed by atoms with Gasteiger partial charge in [-0.1, -0.05) is 0 Å². The molecule has 0 atom stereocenters. The average Bonchev–Trinajstić information content (AvgIpc) is 2.99. The van der Waals surface area contributed by atoms with Crippen LogP contribution in [0.3, 0.4) is 0 Å². The van der Waals surface area contributed by atoms with Gasteiger partial charge in [-0.15, -0.1) is 0 Å². The standard InChI is InChI=1S/C12H16FNO2/c1-7-8(12(14)4-5-12)6-9(13)11(16-3)10(7)15-2/h6H,4-5,14H2,1-3H3. The van der Waals surface area contributed by atoms with Crippen LogP contribution in [0.1, 0.15) is 24.0 Å². The molecule has 1 fully saturated rings. The molecule has 1 aliphatic rings. The molecule has 0 bridgehead atoms. The van der Waals surface area contributed by atoms with Crippen molar-refractivity contribution >= 4 is 0 Å². The molecule has 0 aliphatic heterocycles. The van der Waals surface area contributed by atoms with Crippen molar-refractivity contribution in [1.82, 2.24) is 0 Å². The maximum atomic E-state index is 13.8. The Balaban J connectivity index is 2.61. The molecular weight excluding hydrogens is 209 g/mol. The van der Waals surface area contributed by atoms with E-state index in [2.05, 4.69) is 0 Å². The first-order valence-corrected chi connectivity index (χ1v) is 5.24. The third kappa shape index (κ3) is 1.53. The fourth-order valence-electron chi connectivity index (χ4n) is 2.06. The summed E-state index contributed by atoms with van der Waals surface area (Å²) in [6.07, 6.45) is 1.78. The van der Waals surface area contributed by atoms with Gasteiger partial charge < -0.3 is 15.2 Å². The Morgan fingerprint density at radius 1 is 1.25 bits per heavy atom. The highest BCUT2D eigenvalue weighted by atomic mass is 19.1. The highest BCUT2D eigenvalue weighted by Gasteiger charge is 2.42. The summed E-state index contributed by atoms with van der Waals surface area (Å²) in [7, 11) is 2.93. The van der Waals surface area contributed by atoms with Crippen LogP contribution in [0.4, 0.5) is 4.39 Å². The van der Waals surface area contributed by atoms with Crippen molar-refractivity contribution in [2.75, 3.05) is 14.2 Å². The van der Waals surface area contributed by atoms with Crippen LogP contribution in [-0.4, -0.2) is 14.2 Å². The quantitative estimate of drug-likeness (QED) is 0.856. The minimum Gasteiger partial charge on any atom is -0.492 e. The summed E-state index contributed by atoms with van der Waals surface area (Å²) in [5.74, 6) is 0.166. The molecule has 2 N–H and O–H groups in total. The van der Waals surface area contributed by atoms with Crippen molar-refractivity contribution in [2.24, 2.45) is 5.73 Å². The number of halogens is 1. The molecule has 0 radical (unpaired) electrons. The lowest BCUT2D eigenvalue weighted by Gasteiger charge is -2.18. The first-order chi connectivity index (χ1) is 7.53. The van der Waals surface area contributed by atoms with E-state index in [9.17, 15) is 4.39 Å². The number of methoxy groups -OCH3 is 2. The van der Waals surface area contributed by atoms with Gasteiger partial charge in [-0.2, -0.15) is 0 Å². The average molecular weight is 225 g/mol. The second kappa shape index (κ2) is 3.63. The molecule has 88 valence electrons. The van der Waals surface area contributed by atoms with Crippen LogP contribution in [0.15, 0.2) is 6.07 Å². The molecule has 1 aromatic carbocycles. The van der Waals surface area contributed by atoms with E-state index >= 15 is 0 Å². The first kappa shape index (κ1) is 11.2. The van der Waals surface area contributed by atoms with Crippen LogP contribution in [0.5, 0.6) is 11.5 Å². The van der Waals surface area contributed by atoms with Gasteiger partial charge in [0.2, 0.25) is 0 Å². The molecule has 0 unspecified atom stereocenters. The van der Waals surface area contributed by atoms with Gasteiger partial charge in [-0.25, -0.2) is 4.39 Å². The molecule has 1 aromatic rings. The monoisotopic (exact) mass is 225 g/mol. The van der Waals surface area contributed by atoms with Crippen LogP contribution in [0, 0.1) is 12.7 Å². The zero-order chi connectivity index (χ0) is 11.9. The third-order valence-electron chi connectivity index (χ3n) is 3.17. The smallest absolute Gasteiger partial charge is 0.197 e. The number of nitrogens with two attached hydrogens (primary N) is 1. The first-order valence-electron chi connectivity index (χ1n) is 5.24. The van der Waals surface area contributed by atoms with Crippen molar-refractivity contribution in [3.05, 3.63) is 23.0 Å². The van der Waals surface area contributed by atoms with Crippen molar-refractivity contribution in [2.45, 2.75) is 25.3 Å². The Morgan fingerprint density at radius 3 is 2.25 bits per heavy atom. The second-order valence-electron chi connectivity index (χ2n) is 4.25. The minimum absolute atomic E-state index is 0.146. The molecule has 0 amide bonds. The zero-order valence-electron chi connectivity index (χ0n) is 9.76. The predicted octanol–water partition coefficient (Wildman–Crippen LogP) is 2.10. The molecule has 3 nitrogen and oxygen atoms in total. The number of hydrogen-bond donors (Lipinski definition) is 1. The SMILES string of the molecule is COc1c(F)cc(C2(N)CC2)c(C)c1OC. The predicted molar refractivity (Wildman–Crippen MR) is 59.3 cm³/mol. The van der Waals surface area contributed by atoms with Gasteiger partial charge in [0.25, 0.3) is 0 Å². The molecule has 16 heavy (non-hydrogen) atoms. The summed E-state index contributed by atoms with van der Waals surface area (Å²) in [4.78, 5) is 0. The highest BCUT2D eigenvalue weighted by Crippen LogP contribution is 2.48. The lowest BCUT2D eigenvalue weighted by Crippen LogP contribution is -2.21. The van der Waals surface area contributed by atoms with Gasteiger partial charge in [0.15, 0.2) is 17.3 Å². The van der Waals surface area contributed by atoms with Gasteiger partial charge in [0.1, 0.15) is 0 Å². The molecule has 0 heterocycles. The summed E-state index contributed by atoms with van der Waals surface area (Å²) in [5, 5.41) is 0. The molecule has 2 rings (SSSR count). The Bertz CT molecular complexity index is 428. The third-order valence-corrected chi connectivity index (χ3v) is 3.17. The van der Waals surface area contributed by atoms with E-state index in [-0.39, 0.29) is 11.3 Å².